The van der Waals surface area contributed by atoms with Crippen molar-refractivity contribution in [2.45, 2.75) is 13.3 Å². The summed E-state index contributed by atoms with van der Waals surface area (Å²) in [6.07, 6.45) is 5.57. The van der Waals surface area contributed by atoms with Crippen molar-refractivity contribution in [3.63, 3.8) is 0 Å². The number of esters is 1. The van der Waals surface area contributed by atoms with Gasteiger partial charge in [0.2, 0.25) is 0 Å². The molecule has 0 bridgehead atoms. The van der Waals surface area contributed by atoms with Crippen LogP contribution < -0.4 is 0 Å². The van der Waals surface area contributed by atoms with Gasteiger partial charge in [0.1, 0.15) is 0 Å². The van der Waals surface area contributed by atoms with Gasteiger partial charge >= 0.3 is 5.97 Å². The van der Waals surface area contributed by atoms with Gasteiger partial charge in [-0.3, -0.25) is 4.99 Å². The van der Waals surface area contributed by atoms with Crippen LogP contribution in [0.1, 0.15) is 13.3 Å². The Hall–Kier alpha value is -1.38. The van der Waals surface area contributed by atoms with Gasteiger partial charge < -0.3 is 4.74 Å². The number of carbonyl (C=O) groups is 1. The van der Waals surface area contributed by atoms with Gasteiger partial charge in [0.15, 0.2) is 0 Å². The second-order valence-corrected chi connectivity index (χ2v) is 2.29. The number of nitrogens with zero attached hydrogens (tertiary/aromatic N) is 1. The first-order valence-corrected chi connectivity index (χ1v) is 4.16. The molecule has 0 fully saturated rings. The highest BCUT2D eigenvalue weighted by atomic mass is 16.5. The molecule has 0 aromatic carbocycles. The van der Waals surface area contributed by atoms with Gasteiger partial charge in [-0.1, -0.05) is 12.2 Å². The maximum atomic E-state index is 11.2. The summed E-state index contributed by atoms with van der Waals surface area (Å²) < 4.78 is 4.82. The molecule has 0 atom stereocenters. The van der Waals surface area contributed by atoms with Gasteiger partial charge in [-0.25, -0.2) is 4.79 Å². The van der Waals surface area contributed by atoms with Crippen molar-refractivity contribution in [3.05, 3.63) is 24.3 Å². The van der Waals surface area contributed by atoms with Crippen LogP contribution in [-0.2, 0) is 9.53 Å². The van der Waals surface area contributed by atoms with Gasteiger partial charge in [0.25, 0.3) is 0 Å². The highest BCUT2D eigenvalue weighted by Gasteiger charge is 2.05. The molecule has 0 aromatic heterocycles. The summed E-state index contributed by atoms with van der Waals surface area (Å²) in [5.41, 5.74) is 0.476. The van der Waals surface area contributed by atoms with Crippen LogP contribution in [0.3, 0.4) is 0 Å². The van der Waals surface area contributed by atoms with Crippen molar-refractivity contribution in [2.24, 2.45) is 4.99 Å². The standard InChI is InChI=1S/C10H15NO2/c1-4-6-7-9(8-11-3)10(12)13-5-2/h4,7-8H,1,5-6H2,2-3H3. The molecule has 0 saturated carbocycles. The molecule has 0 unspecified atom stereocenters. The average molecular weight is 181 g/mol. The smallest absolute Gasteiger partial charge is 0.339 e. The maximum Gasteiger partial charge on any atom is 0.339 e. The summed E-state index contributed by atoms with van der Waals surface area (Å²) >= 11 is 0. The molecule has 3 heteroatoms. The molecule has 0 saturated heterocycles. The zero-order chi connectivity index (χ0) is 10.1. The van der Waals surface area contributed by atoms with Crippen LogP contribution >= 0.6 is 0 Å². The third kappa shape index (κ3) is 4.95. The normalized spacial score (nSPS) is 11.7. The van der Waals surface area contributed by atoms with E-state index in [-0.39, 0.29) is 5.97 Å². The van der Waals surface area contributed by atoms with Crippen LogP contribution in [0.2, 0.25) is 0 Å². The summed E-state index contributed by atoms with van der Waals surface area (Å²) in [4.78, 5) is 15.0. The molecular formula is C10H15NO2. The van der Waals surface area contributed by atoms with Gasteiger partial charge in [-0.05, 0) is 13.3 Å². The minimum atomic E-state index is -0.338. The van der Waals surface area contributed by atoms with Crippen molar-refractivity contribution >= 4 is 12.2 Å². The molecule has 13 heavy (non-hydrogen) atoms. The zero-order valence-electron chi connectivity index (χ0n) is 8.12. The number of hydrogen-bond donors (Lipinski definition) is 0. The van der Waals surface area contributed by atoms with Crippen LogP contribution in [0.15, 0.2) is 29.3 Å². The van der Waals surface area contributed by atoms with Crippen LogP contribution in [0.5, 0.6) is 0 Å². The van der Waals surface area contributed by atoms with Crippen molar-refractivity contribution < 1.29 is 9.53 Å². The van der Waals surface area contributed by atoms with E-state index in [0.29, 0.717) is 18.6 Å². The number of ether oxygens (including phenoxy) is 1. The highest BCUT2D eigenvalue weighted by Crippen LogP contribution is 1.98. The average Bonchev–Trinajstić information content (AvgIpc) is 2.12. The highest BCUT2D eigenvalue weighted by molar-refractivity contribution is 6.09. The molecule has 0 N–H and O–H groups in total. The summed E-state index contributed by atoms with van der Waals surface area (Å²) in [6, 6.07) is 0. The zero-order valence-corrected chi connectivity index (χ0v) is 8.12. The monoisotopic (exact) mass is 181 g/mol. The van der Waals surface area contributed by atoms with Crippen LogP contribution in [0, 0.1) is 0 Å². The van der Waals surface area contributed by atoms with E-state index in [1.165, 1.54) is 6.21 Å². The van der Waals surface area contributed by atoms with Crippen molar-refractivity contribution in [3.8, 4) is 0 Å². The lowest BCUT2D eigenvalue weighted by molar-refractivity contribution is -0.137. The van der Waals surface area contributed by atoms with E-state index in [1.807, 2.05) is 0 Å². The molecule has 0 aromatic rings. The van der Waals surface area contributed by atoms with E-state index in [9.17, 15) is 4.79 Å². The molecule has 0 heterocycles. The maximum absolute atomic E-state index is 11.2. The molecule has 0 aliphatic heterocycles. The molecule has 72 valence electrons. The minimum absolute atomic E-state index is 0.338. The Bertz CT molecular complexity index is 229. The fourth-order valence-corrected chi connectivity index (χ4v) is 0.753. The van der Waals surface area contributed by atoms with Crippen molar-refractivity contribution in [1.29, 1.82) is 0 Å². The molecule has 0 rings (SSSR count). The Morgan fingerprint density at radius 2 is 2.31 bits per heavy atom. The van der Waals surface area contributed by atoms with Gasteiger partial charge in [-0.15, -0.1) is 6.58 Å². The second-order valence-electron chi connectivity index (χ2n) is 2.29. The van der Waals surface area contributed by atoms with E-state index in [2.05, 4.69) is 11.6 Å². The summed E-state index contributed by atoms with van der Waals surface area (Å²) in [5.74, 6) is -0.338. The number of carbonyl (C=O) groups excluding carboxylic acids is 1. The third-order valence-electron chi connectivity index (χ3n) is 1.28. The lowest BCUT2D eigenvalue weighted by Gasteiger charge is -2.00. The number of rotatable bonds is 5. The van der Waals surface area contributed by atoms with E-state index in [1.54, 1.807) is 26.1 Å². The summed E-state index contributed by atoms with van der Waals surface area (Å²) in [7, 11) is 1.61. The predicted octanol–water partition coefficient (Wildman–Crippen LogP) is 1.75. The van der Waals surface area contributed by atoms with Crippen molar-refractivity contribution in [1.82, 2.24) is 0 Å². The lowest BCUT2D eigenvalue weighted by Crippen LogP contribution is -2.08. The number of hydrogen-bond acceptors (Lipinski definition) is 3. The molecule has 3 nitrogen and oxygen atoms in total. The van der Waals surface area contributed by atoms with Gasteiger partial charge in [0.05, 0.1) is 12.2 Å². The Morgan fingerprint density at radius 3 is 2.77 bits per heavy atom. The van der Waals surface area contributed by atoms with Crippen LogP contribution in [0.4, 0.5) is 0 Å². The number of aliphatic imine (C=N–C) groups is 1. The fourth-order valence-electron chi connectivity index (χ4n) is 0.753. The largest absolute Gasteiger partial charge is 0.462 e. The SMILES string of the molecule is C=CCC=C(C=NC)C(=O)OCC. The van der Waals surface area contributed by atoms with Gasteiger partial charge in [0, 0.05) is 13.3 Å². The second kappa shape index (κ2) is 7.28. The molecule has 0 radical (unpaired) electrons. The molecule has 0 amide bonds. The van der Waals surface area contributed by atoms with Gasteiger partial charge in [-0.2, -0.15) is 0 Å². The Kier molecular flexibility index (Phi) is 6.51. The lowest BCUT2D eigenvalue weighted by atomic mass is 10.2. The topological polar surface area (TPSA) is 38.7 Å². The first-order valence-electron chi connectivity index (χ1n) is 4.16. The molecule has 0 aliphatic carbocycles. The van der Waals surface area contributed by atoms with E-state index in [0.717, 1.165) is 0 Å². The number of allylic oxidation sites excluding steroid dienone is 2. The fraction of sp³-hybridized carbons (Fsp3) is 0.400. The van der Waals surface area contributed by atoms with E-state index < -0.39 is 0 Å². The summed E-state index contributed by atoms with van der Waals surface area (Å²) in [6.45, 7) is 5.70. The van der Waals surface area contributed by atoms with E-state index >= 15 is 0 Å². The first kappa shape index (κ1) is 11.6. The van der Waals surface area contributed by atoms with E-state index in [4.69, 9.17) is 4.74 Å². The third-order valence-corrected chi connectivity index (χ3v) is 1.28. The minimum Gasteiger partial charge on any atom is -0.462 e. The van der Waals surface area contributed by atoms with Crippen LogP contribution in [-0.4, -0.2) is 25.8 Å². The Morgan fingerprint density at radius 1 is 1.62 bits per heavy atom. The van der Waals surface area contributed by atoms with Crippen LogP contribution in [0.25, 0.3) is 0 Å². The molecule has 0 spiro atoms. The Balaban J connectivity index is 4.39. The summed E-state index contributed by atoms with van der Waals surface area (Å²) in [5, 5.41) is 0. The predicted molar refractivity (Wildman–Crippen MR) is 53.9 cm³/mol. The van der Waals surface area contributed by atoms with Crippen molar-refractivity contribution in [2.75, 3.05) is 13.7 Å². The Labute approximate surface area is 78.8 Å². The quantitative estimate of drug-likeness (QED) is 0.280. The molecule has 0 aliphatic rings. The molecular weight excluding hydrogens is 166 g/mol. The first-order chi connectivity index (χ1) is 6.26.